The predicted octanol–water partition coefficient (Wildman–Crippen LogP) is 2.31. The van der Waals surface area contributed by atoms with Gasteiger partial charge in [0.2, 0.25) is 5.91 Å². The Kier molecular flexibility index (Phi) is 3.77. The van der Waals surface area contributed by atoms with E-state index in [2.05, 4.69) is 21.2 Å². The molecule has 15 heavy (non-hydrogen) atoms. The fraction of sp³-hybridized carbons (Fsp3) is 0.500. The molecule has 82 valence electrons. The normalized spacial score (nSPS) is 20.5. The first-order valence-corrected chi connectivity index (χ1v) is 6.50. The van der Waals surface area contributed by atoms with E-state index in [0.717, 1.165) is 21.5 Å². The number of ether oxygens (including phenoxy) is 1. The van der Waals surface area contributed by atoms with Crippen molar-refractivity contribution in [1.29, 1.82) is 0 Å². The lowest BCUT2D eigenvalue weighted by atomic mass is 10.2. The van der Waals surface area contributed by atoms with Gasteiger partial charge in [0.1, 0.15) is 6.10 Å². The van der Waals surface area contributed by atoms with Crippen LogP contribution < -0.4 is 5.32 Å². The van der Waals surface area contributed by atoms with E-state index in [9.17, 15) is 4.79 Å². The molecule has 0 unspecified atom stereocenters. The SMILES string of the molecule is O=C(NCc1ccc(Br)s1)[C@H]1CCCO1. The third kappa shape index (κ3) is 3.03. The van der Waals surface area contributed by atoms with Crippen LogP contribution in [0.2, 0.25) is 0 Å². The lowest BCUT2D eigenvalue weighted by molar-refractivity contribution is -0.130. The third-order valence-electron chi connectivity index (χ3n) is 2.29. The Labute approximate surface area is 101 Å². The molecule has 1 aliphatic rings. The molecule has 1 saturated heterocycles. The summed E-state index contributed by atoms with van der Waals surface area (Å²) in [5.41, 5.74) is 0. The highest BCUT2D eigenvalue weighted by molar-refractivity contribution is 9.11. The Hall–Kier alpha value is -0.390. The van der Waals surface area contributed by atoms with E-state index in [1.807, 2.05) is 12.1 Å². The van der Waals surface area contributed by atoms with E-state index in [1.54, 1.807) is 11.3 Å². The van der Waals surface area contributed by atoms with Gasteiger partial charge >= 0.3 is 0 Å². The summed E-state index contributed by atoms with van der Waals surface area (Å²) in [6.45, 7) is 1.30. The van der Waals surface area contributed by atoms with Crippen LogP contribution in [-0.2, 0) is 16.1 Å². The second kappa shape index (κ2) is 5.09. The number of rotatable bonds is 3. The van der Waals surface area contributed by atoms with E-state index < -0.39 is 0 Å². The second-order valence-electron chi connectivity index (χ2n) is 3.43. The first-order chi connectivity index (χ1) is 7.25. The van der Waals surface area contributed by atoms with E-state index in [-0.39, 0.29) is 12.0 Å². The number of nitrogens with one attached hydrogen (secondary N) is 1. The van der Waals surface area contributed by atoms with Gasteiger partial charge in [0, 0.05) is 11.5 Å². The topological polar surface area (TPSA) is 38.3 Å². The van der Waals surface area contributed by atoms with Crippen LogP contribution in [-0.4, -0.2) is 18.6 Å². The highest BCUT2D eigenvalue weighted by Gasteiger charge is 2.22. The molecule has 1 amide bonds. The van der Waals surface area contributed by atoms with Crippen LogP contribution in [0.3, 0.4) is 0 Å². The monoisotopic (exact) mass is 289 g/mol. The van der Waals surface area contributed by atoms with Gasteiger partial charge in [-0.15, -0.1) is 11.3 Å². The molecule has 1 atom stereocenters. The van der Waals surface area contributed by atoms with Crippen LogP contribution in [0.5, 0.6) is 0 Å². The molecule has 0 aromatic carbocycles. The van der Waals surface area contributed by atoms with Crippen LogP contribution in [0.1, 0.15) is 17.7 Å². The van der Waals surface area contributed by atoms with Crippen molar-refractivity contribution in [3.8, 4) is 0 Å². The molecule has 0 spiro atoms. The molecule has 1 aliphatic heterocycles. The molecule has 2 rings (SSSR count). The Morgan fingerprint density at radius 2 is 2.53 bits per heavy atom. The largest absolute Gasteiger partial charge is 0.368 e. The van der Waals surface area contributed by atoms with E-state index in [1.165, 1.54) is 0 Å². The van der Waals surface area contributed by atoms with Gasteiger partial charge in [0.25, 0.3) is 0 Å². The summed E-state index contributed by atoms with van der Waals surface area (Å²) in [6, 6.07) is 3.99. The standard InChI is InChI=1S/C10H12BrNO2S/c11-9-4-3-7(15-9)6-12-10(13)8-2-1-5-14-8/h3-4,8H,1-2,5-6H2,(H,12,13)/t8-/m1/s1. The van der Waals surface area contributed by atoms with Crippen molar-refractivity contribution >= 4 is 33.2 Å². The molecule has 5 heteroatoms. The predicted molar refractivity (Wildman–Crippen MR) is 62.8 cm³/mol. The molecule has 0 bridgehead atoms. The molecule has 1 aromatic rings. The summed E-state index contributed by atoms with van der Waals surface area (Å²) in [5, 5.41) is 2.88. The number of halogens is 1. The van der Waals surface area contributed by atoms with Gasteiger partial charge in [-0.1, -0.05) is 0 Å². The van der Waals surface area contributed by atoms with E-state index in [4.69, 9.17) is 4.74 Å². The maximum Gasteiger partial charge on any atom is 0.249 e. The number of thiophene rings is 1. The van der Waals surface area contributed by atoms with Crippen molar-refractivity contribution in [3.05, 3.63) is 20.8 Å². The third-order valence-corrected chi connectivity index (χ3v) is 3.91. The summed E-state index contributed by atoms with van der Waals surface area (Å²) in [7, 11) is 0. The Morgan fingerprint density at radius 1 is 1.67 bits per heavy atom. The van der Waals surface area contributed by atoms with Gasteiger partial charge in [-0.05, 0) is 40.9 Å². The highest BCUT2D eigenvalue weighted by atomic mass is 79.9. The van der Waals surface area contributed by atoms with Crippen LogP contribution in [0.4, 0.5) is 0 Å². The fourth-order valence-electron chi connectivity index (χ4n) is 1.52. The van der Waals surface area contributed by atoms with E-state index in [0.29, 0.717) is 13.2 Å². The van der Waals surface area contributed by atoms with Gasteiger partial charge in [0.05, 0.1) is 10.3 Å². The maximum atomic E-state index is 11.6. The summed E-state index contributed by atoms with van der Waals surface area (Å²) in [6.07, 6.45) is 1.61. The van der Waals surface area contributed by atoms with Gasteiger partial charge in [-0.3, -0.25) is 4.79 Å². The second-order valence-corrected chi connectivity index (χ2v) is 5.97. The van der Waals surface area contributed by atoms with Crippen LogP contribution in [0, 0.1) is 0 Å². The Balaban J connectivity index is 1.80. The fourth-order valence-corrected chi connectivity index (χ4v) is 2.94. The molecule has 0 saturated carbocycles. The van der Waals surface area contributed by atoms with Crippen LogP contribution in [0.25, 0.3) is 0 Å². The zero-order valence-corrected chi connectivity index (χ0v) is 10.6. The summed E-state index contributed by atoms with van der Waals surface area (Å²) in [4.78, 5) is 12.7. The minimum absolute atomic E-state index is 0.0111. The lowest BCUT2D eigenvalue weighted by Gasteiger charge is -2.09. The smallest absolute Gasteiger partial charge is 0.249 e. The average Bonchev–Trinajstić information content (AvgIpc) is 2.84. The summed E-state index contributed by atoms with van der Waals surface area (Å²) in [5.74, 6) is 0.0111. The van der Waals surface area contributed by atoms with Gasteiger partial charge < -0.3 is 10.1 Å². The van der Waals surface area contributed by atoms with Gasteiger partial charge in [-0.25, -0.2) is 0 Å². The molecule has 0 aliphatic carbocycles. The van der Waals surface area contributed by atoms with Crippen molar-refractivity contribution in [2.45, 2.75) is 25.5 Å². The molecular formula is C10H12BrNO2S. The number of hydrogen-bond donors (Lipinski definition) is 1. The van der Waals surface area contributed by atoms with Gasteiger partial charge in [-0.2, -0.15) is 0 Å². The summed E-state index contributed by atoms with van der Waals surface area (Å²) >= 11 is 5.02. The minimum atomic E-state index is -0.228. The number of amides is 1. The zero-order chi connectivity index (χ0) is 10.7. The number of hydrogen-bond acceptors (Lipinski definition) is 3. The molecule has 1 N–H and O–H groups in total. The highest BCUT2D eigenvalue weighted by Crippen LogP contribution is 2.22. The minimum Gasteiger partial charge on any atom is -0.368 e. The number of carbonyl (C=O) groups excluding carboxylic acids is 1. The van der Waals surface area contributed by atoms with Crippen molar-refractivity contribution in [1.82, 2.24) is 5.32 Å². The first kappa shape index (κ1) is 11.1. The zero-order valence-electron chi connectivity index (χ0n) is 8.16. The molecule has 1 fully saturated rings. The molecule has 3 nitrogen and oxygen atoms in total. The Bertz CT molecular complexity index is 347. The van der Waals surface area contributed by atoms with Crippen molar-refractivity contribution in [3.63, 3.8) is 0 Å². The van der Waals surface area contributed by atoms with Crippen molar-refractivity contribution in [2.24, 2.45) is 0 Å². The molecular weight excluding hydrogens is 278 g/mol. The lowest BCUT2D eigenvalue weighted by Crippen LogP contribution is -2.33. The van der Waals surface area contributed by atoms with Gasteiger partial charge in [0.15, 0.2) is 0 Å². The Morgan fingerprint density at radius 3 is 3.13 bits per heavy atom. The quantitative estimate of drug-likeness (QED) is 0.927. The first-order valence-electron chi connectivity index (χ1n) is 4.89. The van der Waals surface area contributed by atoms with E-state index >= 15 is 0 Å². The molecule has 0 radical (unpaired) electrons. The average molecular weight is 290 g/mol. The van der Waals surface area contributed by atoms with Crippen LogP contribution >= 0.6 is 27.3 Å². The van der Waals surface area contributed by atoms with Crippen molar-refractivity contribution in [2.75, 3.05) is 6.61 Å². The number of carbonyl (C=O) groups is 1. The van der Waals surface area contributed by atoms with Crippen LogP contribution in [0.15, 0.2) is 15.9 Å². The molecule has 1 aromatic heterocycles. The molecule has 2 heterocycles. The maximum absolute atomic E-state index is 11.6. The van der Waals surface area contributed by atoms with Crippen molar-refractivity contribution < 1.29 is 9.53 Å². The summed E-state index contributed by atoms with van der Waals surface area (Å²) < 4.78 is 6.38.